The highest BCUT2D eigenvalue weighted by Gasteiger charge is 2.21. The van der Waals surface area contributed by atoms with E-state index in [9.17, 15) is 5.11 Å². The van der Waals surface area contributed by atoms with Crippen molar-refractivity contribution in [3.05, 3.63) is 29.8 Å². The molecule has 0 bridgehead atoms. The van der Waals surface area contributed by atoms with Crippen molar-refractivity contribution in [2.45, 2.75) is 33.4 Å². The number of aromatic hydroxyl groups is 1. The monoisotopic (exact) mass is 476 g/mol. The Kier molecular flexibility index (Phi) is 10.9. The Balaban J connectivity index is 0.00000338. The third kappa shape index (κ3) is 8.55. The first-order chi connectivity index (χ1) is 12.1. The van der Waals surface area contributed by atoms with E-state index in [1.54, 1.807) is 12.1 Å². The van der Waals surface area contributed by atoms with Crippen LogP contribution in [-0.2, 0) is 11.3 Å². The van der Waals surface area contributed by atoms with Gasteiger partial charge in [-0.3, -0.25) is 4.90 Å². The number of benzene rings is 1. The van der Waals surface area contributed by atoms with Crippen LogP contribution in [0.15, 0.2) is 29.3 Å². The highest BCUT2D eigenvalue weighted by atomic mass is 127. The van der Waals surface area contributed by atoms with E-state index in [-0.39, 0.29) is 35.8 Å². The Morgan fingerprint density at radius 3 is 2.69 bits per heavy atom. The lowest BCUT2D eigenvalue weighted by atomic mass is 10.2. The second-order valence-corrected chi connectivity index (χ2v) is 6.89. The molecule has 1 atom stereocenters. The van der Waals surface area contributed by atoms with Gasteiger partial charge in [0.25, 0.3) is 0 Å². The number of hydrogen-bond acceptors (Lipinski definition) is 4. The van der Waals surface area contributed by atoms with E-state index < -0.39 is 0 Å². The Morgan fingerprint density at radius 1 is 1.31 bits per heavy atom. The quantitative estimate of drug-likeness (QED) is 0.321. The second kappa shape index (κ2) is 12.3. The van der Waals surface area contributed by atoms with Crippen LogP contribution in [0.1, 0.15) is 26.3 Å². The van der Waals surface area contributed by atoms with E-state index in [4.69, 9.17) is 4.74 Å². The normalized spacial score (nSPS) is 18.5. The average molecular weight is 476 g/mol. The number of phenolic OH excluding ortho intramolecular Hbond substituents is 1. The van der Waals surface area contributed by atoms with Gasteiger partial charge < -0.3 is 20.5 Å². The first kappa shape index (κ1) is 23.0. The van der Waals surface area contributed by atoms with Crippen LogP contribution in [0.2, 0.25) is 0 Å². The average Bonchev–Trinajstić information content (AvgIpc) is 2.58. The van der Waals surface area contributed by atoms with Gasteiger partial charge in [0.2, 0.25) is 0 Å². The van der Waals surface area contributed by atoms with Gasteiger partial charge >= 0.3 is 0 Å². The molecule has 1 fully saturated rings. The minimum atomic E-state index is 0. The molecule has 0 spiro atoms. The van der Waals surface area contributed by atoms with E-state index in [1.807, 2.05) is 12.1 Å². The number of phenols is 1. The standard InChI is InChI=1S/C19H32N4O2.HI/c1-4-20-19(21-11-16-5-7-17(24)8-6-16)22-12-18-14-23(9-10-25-18)13-15(2)3;/h5-8,15,18,24H,4,9-14H2,1-3H3,(H2,20,21,22);1H. The van der Waals surface area contributed by atoms with E-state index in [0.717, 1.165) is 50.9 Å². The number of hydrogen-bond donors (Lipinski definition) is 3. The van der Waals surface area contributed by atoms with Crippen LogP contribution < -0.4 is 10.6 Å². The van der Waals surface area contributed by atoms with Crippen molar-refractivity contribution in [2.75, 3.05) is 39.3 Å². The van der Waals surface area contributed by atoms with Crippen molar-refractivity contribution in [1.29, 1.82) is 0 Å². The Hall–Kier alpha value is -1.06. The van der Waals surface area contributed by atoms with Gasteiger partial charge in [0, 0.05) is 32.7 Å². The van der Waals surface area contributed by atoms with Crippen LogP contribution >= 0.6 is 24.0 Å². The second-order valence-electron chi connectivity index (χ2n) is 6.89. The highest BCUT2D eigenvalue weighted by Crippen LogP contribution is 2.10. The topological polar surface area (TPSA) is 69.1 Å². The molecule has 1 aromatic carbocycles. The molecule has 1 aromatic rings. The molecule has 26 heavy (non-hydrogen) atoms. The molecule has 0 amide bonds. The minimum Gasteiger partial charge on any atom is -0.508 e. The Bertz CT molecular complexity index is 537. The van der Waals surface area contributed by atoms with E-state index >= 15 is 0 Å². The molecule has 148 valence electrons. The molecular formula is C19H33IN4O2. The van der Waals surface area contributed by atoms with Crippen molar-refractivity contribution >= 4 is 29.9 Å². The summed E-state index contributed by atoms with van der Waals surface area (Å²) in [6.45, 7) is 12.6. The number of morpholine rings is 1. The maximum Gasteiger partial charge on any atom is 0.191 e. The van der Waals surface area contributed by atoms with Gasteiger partial charge in [0.1, 0.15) is 5.75 Å². The van der Waals surface area contributed by atoms with Crippen molar-refractivity contribution in [3.63, 3.8) is 0 Å². The first-order valence-electron chi connectivity index (χ1n) is 9.21. The summed E-state index contributed by atoms with van der Waals surface area (Å²) in [6.07, 6.45) is 0.185. The van der Waals surface area contributed by atoms with Crippen molar-refractivity contribution < 1.29 is 9.84 Å². The molecule has 2 rings (SSSR count). The molecule has 7 heteroatoms. The van der Waals surface area contributed by atoms with Crippen LogP contribution in [0.5, 0.6) is 5.75 Å². The van der Waals surface area contributed by atoms with E-state index in [0.29, 0.717) is 12.5 Å². The highest BCUT2D eigenvalue weighted by molar-refractivity contribution is 14.0. The molecular weight excluding hydrogens is 443 g/mol. The van der Waals surface area contributed by atoms with Gasteiger partial charge in [0.15, 0.2) is 5.96 Å². The summed E-state index contributed by atoms with van der Waals surface area (Å²) in [7, 11) is 0. The largest absolute Gasteiger partial charge is 0.508 e. The Labute approximate surface area is 174 Å². The lowest BCUT2D eigenvalue weighted by Crippen LogP contribution is -2.50. The molecule has 0 saturated carbocycles. The number of rotatable bonds is 7. The smallest absolute Gasteiger partial charge is 0.191 e. The molecule has 6 nitrogen and oxygen atoms in total. The van der Waals surface area contributed by atoms with Gasteiger partial charge in [-0.05, 0) is 30.5 Å². The summed E-state index contributed by atoms with van der Waals surface area (Å²) in [5, 5.41) is 16.0. The van der Waals surface area contributed by atoms with Gasteiger partial charge in [-0.15, -0.1) is 24.0 Å². The van der Waals surface area contributed by atoms with E-state index in [2.05, 4.69) is 41.3 Å². The van der Waals surface area contributed by atoms with Crippen molar-refractivity contribution in [3.8, 4) is 5.75 Å². The number of aliphatic imine (C=N–C) groups is 1. The molecule has 1 unspecified atom stereocenters. The summed E-state index contributed by atoms with van der Waals surface area (Å²) in [4.78, 5) is 7.08. The minimum absolute atomic E-state index is 0. The third-order valence-electron chi connectivity index (χ3n) is 4.04. The molecule has 1 saturated heterocycles. The molecule has 3 N–H and O–H groups in total. The lowest BCUT2D eigenvalue weighted by molar-refractivity contribution is -0.0284. The summed E-state index contributed by atoms with van der Waals surface area (Å²) in [6, 6.07) is 7.14. The molecule has 0 aliphatic carbocycles. The number of ether oxygens (including phenoxy) is 1. The van der Waals surface area contributed by atoms with Gasteiger partial charge in [-0.25, -0.2) is 4.99 Å². The number of halogens is 1. The zero-order valence-electron chi connectivity index (χ0n) is 16.1. The number of nitrogens with one attached hydrogen (secondary N) is 2. The molecule has 1 heterocycles. The van der Waals surface area contributed by atoms with Crippen LogP contribution in [0.3, 0.4) is 0 Å². The number of guanidine groups is 1. The number of nitrogens with zero attached hydrogens (tertiary/aromatic N) is 2. The van der Waals surface area contributed by atoms with Crippen molar-refractivity contribution in [1.82, 2.24) is 15.5 Å². The molecule has 0 aromatic heterocycles. The molecule has 0 radical (unpaired) electrons. The summed E-state index contributed by atoms with van der Waals surface area (Å²) >= 11 is 0. The lowest BCUT2D eigenvalue weighted by Gasteiger charge is -2.34. The maximum absolute atomic E-state index is 9.34. The third-order valence-corrected chi connectivity index (χ3v) is 4.04. The predicted octanol–water partition coefficient (Wildman–Crippen LogP) is 2.42. The maximum atomic E-state index is 9.34. The predicted molar refractivity (Wildman–Crippen MR) is 117 cm³/mol. The molecule has 1 aliphatic heterocycles. The summed E-state index contributed by atoms with van der Waals surface area (Å²) in [5.74, 6) is 1.74. The van der Waals surface area contributed by atoms with Crippen LogP contribution in [0.4, 0.5) is 0 Å². The van der Waals surface area contributed by atoms with Crippen LogP contribution in [-0.4, -0.2) is 61.4 Å². The van der Waals surface area contributed by atoms with Gasteiger partial charge in [-0.1, -0.05) is 26.0 Å². The Morgan fingerprint density at radius 2 is 2.04 bits per heavy atom. The fourth-order valence-electron chi connectivity index (χ4n) is 2.91. The van der Waals surface area contributed by atoms with E-state index in [1.165, 1.54) is 0 Å². The summed E-state index contributed by atoms with van der Waals surface area (Å²) in [5.41, 5.74) is 1.06. The van der Waals surface area contributed by atoms with Crippen LogP contribution in [0, 0.1) is 5.92 Å². The zero-order chi connectivity index (χ0) is 18.1. The molecule has 1 aliphatic rings. The zero-order valence-corrected chi connectivity index (χ0v) is 18.4. The summed E-state index contributed by atoms with van der Waals surface area (Å²) < 4.78 is 5.88. The fourth-order valence-corrected chi connectivity index (χ4v) is 2.91. The van der Waals surface area contributed by atoms with Gasteiger partial charge in [0.05, 0.1) is 19.3 Å². The fraction of sp³-hybridized carbons (Fsp3) is 0.632. The first-order valence-corrected chi connectivity index (χ1v) is 9.21. The van der Waals surface area contributed by atoms with Gasteiger partial charge in [-0.2, -0.15) is 0 Å². The SMILES string of the molecule is CCNC(=NCc1ccc(O)cc1)NCC1CN(CC(C)C)CCO1.I. The van der Waals surface area contributed by atoms with Crippen molar-refractivity contribution in [2.24, 2.45) is 10.9 Å². The van der Waals surface area contributed by atoms with Crippen LogP contribution in [0.25, 0.3) is 0 Å².